The minimum atomic E-state index is 0.726. The van der Waals surface area contributed by atoms with Crippen LogP contribution >= 0.6 is 11.6 Å². The van der Waals surface area contributed by atoms with E-state index in [0.717, 1.165) is 61.4 Å². The maximum absolute atomic E-state index is 6.00. The van der Waals surface area contributed by atoms with Gasteiger partial charge in [-0.1, -0.05) is 11.6 Å². The van der Waals surface area contributed by atoms with Crippen LogP contribution in [0.4, 0.5) is 0 Å². The van der Waals surface area contributed by atoms with E-state index < -0.39 is 0 Å². The lowest BCUT2D eigenvalue weighted by Gasteiger charge is -2.22. The molecule has 1 aromatic rings. The Morgan fingerprint density at radius 1 is 1.39 bits per heavy atom. The second-order valence-electron chi connectivity index (χ2n) is 4.64. The zero-order valence-corrected chi connectivity index (χ0v) is 11.5. The first-order valence-electron chi connectivity index (χ1n) is 6.40. The van der Waals surface area contributed by atoms with Crippen LogP contribution in [0.15, 0.2) is 18.2 Å². The van der Waals surface area contributed by atoms with Gasteiger partial charge in [-0.2, -0.15) is 0 Å². The third kappa shape index (κ3) is 3.87. The molecule has 0 aliphatic carbocycles. The second kappa shape index (κ2) is 6.98. The molecular formula is C14H20ClNO2. The molecule has 1 aliphatic rings. The lowest BCUT2D eigenvalue weighted by Crippen LogP contribution is -2.27. The van der Waals surface area contributed by atoms with Crippen molar-refractivity contribution in [3.05, 3.63) is 28.8 Å². The number of hydrogen-bond donors (Lipinski definition) is 1. The van der Waals surface area contributed by atoms with Gasteiger partial charge in [0.15, 0.2) is 0 Å². The predicted molar refractivity (Wildman–Crippen MR) is 73.3 cm³/mol. The van der Waals surface area contributed by atoms with E-state index in [1.165, 1.54) is 0 Å². The summed E-state index contributed by atoms with van der Waals surface area (Å²) in [4.78, 5) is 0. The van der Waals surface area contributed by atoms with E-state index in [1.807, 2.05) is 18.2 Å². The van der Waals surface area contributed by atoms with Gasteiger partial charge in [0.05, 0.1) is 7.11 Å². The van der Waals surface area contributed by atoms with Crippen molar-refractivity contribution >= 4 is 11.6 Å². The Labute approximate surface area is 113 Å². The highest BCUT2D eigenvalue weighted by Crippen LogP contribution is 2.22. The SMILES string of the molecule is COc1ccc(Cl)cc1CNCC1CCOCC1. The molecule has 2 rings (SSSR count). The Morgan fingerprint density at radius 3 is 2.89 bits per heavy atom. The standard InChI is InChI=1S/C14H20ClNO2/c1-17-14-3-2-13(15)8-12(14)10-16-9-11-4-6-18-7-5-11/h2-3,8,11,16H,4-7,9-10H2,1H3. The van der Waals surface area contributed by atoms with Crippen LogP contribution in [0.25, 0.3) is 0 Å². The highest BCUT2D eigenvalue weighted by atomic mass is 35.5. The van der Waals surface area contributed by atoms with Gasteiger partial charge in [0.1, 0.15) is 5.75 Å². The summed E-state index contributed by atoms with van der Waals surface area (Å²) in [7, 11) is 1.69. The van der Waals surface area contributed by atoms with E-state index in [9.17, 15) is 0 Å². The molecule has 0 radical (unpaired) electrons. The Hall–Kier alpha value is -0.770. The highest BCUT2D eigenvalue weighted by molar-refractivity contribution is 6.30. The van der Waals surface area contributed by atoms with Crippen LogP contribution in [0.1, 0.15) is 18.4 Å². The molecule has 1 heterocycles. The topological polar surface area (TPSA) is 30.5 Å². The number of ether oxygens (including phenoxy) is 2. The molecule has 1 fully saturated rings. The molecule has 0 saturated carbocycles. The van der Waals surface area contributed by atoms with Gasteiger partial charge in [0.25, 0.3) is 0 Å². The Balaban J connectivity index is 1.83. The van der Waals surface area contributed by atoms with Crippen molar-refractivity contribution in [2.75, 3.05) is 26.9 Å². The fourth-order valence-electron chi connectivity index (χ4n) is 2.25. The summed E-state index contributed by atoms with van der Waals surface area (Å²) >= 11 is 6.00. The van der Waals surface area contributed by atoms with Gasteiger partial charge in [-0.3, -0.25) is 0 Å². The molecule has 1 saturated heterocycles. The summed E-state index contributed by atoms with van der Waals surface area (Å²) in [6.07, 6.45) is 2.30. The van der Waals surface area contributed by atoms with Crippen molar-refractivity contribution in [1.82, 2.24) is 5.32 Å². The number of nitrogens with one attached hydrogen (secondary N) is 1. The van der Waals surface area contributed by atoms with Crippen LogP contribution in [0.5, 0.6) is 5.75 Å². The molecule has 18 heavy (non-hydrogen) atoms. The van der Waals surface area contributed by atoms with Crippen molar-refractivity contribution in [1.29, 1.82) is 0 Å². The third-order valence-electron chi connectivity index (χ3n) is 3.33. The fraction of sp³-hybridized carbons (Fsp3) is 0.571. The monoisotopic (exact) mass is 269 g/mol. The summed E-state index contributed by atoms with van der Waals surface area (Å²) in [5, 5.41) is 4.23. The van der Waals surface area contributed by atoms with E-state index in [-0.39, 0.29) is 0 Å². The minimum Gasteiger partial charge on any atom is -0.496 e. The third-order valence-corrected chi connectivity index (χ3v) is 3.57. The minimum absolute atomic E-state index is 0.726. The van der Waals surface area contributed by atoms with Crippen LogP contribution in [-0.4, -0.2) is 26.9 Å². The van der Waals surface area contributed by atoms with Crippen molar-refractivity contribution in [3.8, 4) is 5.75 Å². The molecule has 0 atom stereocenters. The first-order chi connectivity index (χ1) is 8.79. The maximum atomic E-state index is 6.00. The average molecular weight is 270 g/mol. The van der Waals surface area contributed by atoms with E-state index in [1.54, 1.807) is 7.11 Å². The Morgan fingerprint density at radius 2 is 2.17 bits per heavy atom. The van der Waals surface area contributed by atoms with Crippen LogP contribution < -0.4 is 10.1 Å². The Kier molecular flexibility index (Phi) is 5.29. The summed E-state index contributed by atoms with van der Waals surface area (Å²) in [6.45, 7) is 3.61. The van der Waals surface area contributed by atoms with Crippen molar-refractivity contribution in [2.24, 2.45) is 5.92 Å². The lowest BCUT2D eigenvalue weighted by molar-refractivity contribution is 0.0662. The lowest BCUT2D eigenvalue weighted by atomic mass is 10.0. The molecule has 0 unspecified atom stereocenters. The number of hydrogen-bond acceptors (Lipinski definition) is 3. The molecule has 3 nitrogen and oxygen atoms in total. The zero-order valence-electron chi connectivity index (χ0n) is 10.7. The van der Waals surface area contributed by atoms with Gasteiger partial charge in [-0.05, 0) is 43.5 Å². The molecule has 4 heteroatoms. The summed E-state index contributed by atoms with van der Waals surface area (Å²) in [5.41, 5.74) is 1.11. The highest BCUT2D eigenvalue weighted by Gasteiger charge is 2.13. The van der Waals surface area contributed by atoms with Gasteiger partial charge in [0.2, 0.25) is 0 Å². The van der Waals surface area contributed by atoms with Crippen LogP contribution in [0, 0.1) is 5.92 Å². The second-order valence-corrected chi connectivity index (χ2v) is 5.08. The molecule has 1 N–H and O–H groups in total. The van der Waals surface area contributed by atoms with E-state index in [4.69, 9.17) is 21.1 Å². The van der Waals surface area contributed by atoms with Crippen LogP contribution in [-0.2, 0) is 11.3 Å². The average Bonchev–Trinajstić information content (AvgIpc) is 2.40. The number of benzene rings is 1. The van der Waals surface area contributed by atoms with Crippen molar-refractivity contribution in [3.63, 3.8) is 0 Å². The van der Waals surface area contributed by atoms with Crippen molar-refractivity contribution < 1.29 is 9.47 Å². The number of methoxy groups -OCH3 is 1. The van der Waals surface area contributed by atoms with Crippen molar-refractivity contribution in [2.45, 2.75) is 19.4 Å². The summed E-state index contributed by atoms with van der Waals surface area (Å²) < 4.78 is 10.7. The zero-order chi connectivity index (χ0) is 12.8. The quantitative estimate of drug-likeness (QED) is 0.892. The number of halogens is 1. The summed E-state index contributed by atoms with van der Waals surface area (Å²) in [6, 6.07) is 5.72. The Bertz CT molecular complexity index is 378. The van der Waals surface area contributed by atoms with E-state index in [0.29, 0.717) is 0 Å². The van der Waals surface area contributed by atoms with E-state index in [2.05, 4.69) is 5.32 Å². The molecule has 0 bridgehead atoms. The molecule has 0 aromatic heterocycles. The van der Waals surface area contributed by atoms with Crippen LogP contribution in [0.2, 0.25) is 5.02 Å². The molecule has 1 aromatic carbocycles. The molecule has 0 amide bonds. The maximum Gasteiger partial charge on any atom is 0.123 e. The molecule has 0 spiro atoms. The molecule has 100 valence electrons. The predicted octanol–water partition coefficient (Wildman–Crippen LogP) is 2.86. The first kappa shape index (κ1) is 13.7. The van der Waals surface area contributed by atoms with Crippen LogP contribution in [0.3, 0.4) is 0 Å². The van der Waals surface area contributed by atoms with Gasteiger partial charge in [-0.25, -0.2) is 0 Å². The molecule has 1 aliphatic heterocycles. The first-order valence-corrected chi connectivity index (χ1v) is 6.78. The van der Waals surface area contributed by atoms with Gasteiger partial charge < -0.3 is 14.8 Å². The fourth-order valence-corrected chi connectivity index (χ4v) is 2.44. The van der Waals surface area contributed by atoms with E-state index >= 15 is 0 Å². The smallest absolute Gasteiger partial charge is 0.123 e. The number of rotatable bonds is 5. The summed E-state index contributed by atoms with van der Waals surface area (Å²) in [5.74, 6) is 1.61. The van der Waals surface area contributed by atoms with Gasteiger partial charge in [0, 0.05) is 30.3 Å². The van der Waals surface area contributed by atoms with Gasteiger partial charge >= 0.3 is 0 Å². The largest absolute Gasteiger partial charge is 0.496 e. The normalized spacial score (nSPS) is 16.8. The molecular weight excluding hydrogens is 250 g/mol. The van der Waals surface area contributed by atoms with Gasteiger partial charge in [-0.15, -0.1) is 0 Å².